The average Bonchev–Trinajstić information content (AvgIpc) is 2.82. The number of benzene rings is 1. The molecule has 6 heteroatoms. The second kappa shape index (κ2) is 5.60. The van der Waals surface area contributed by atoms with Crippen LogP contribution >= 0.6 is 34.7 Å². The van der Waals surface area contributed by atoms with E-state index >= 15 is 0 Å². The number of anilines is 1. The Morgan fingerprint density at radius 2 is 2.20 bits per heavy atom. The van der Waals surface area contributed by atoms with Crippen molar-refractivity contribution in [2.75, 3.05) is 5.73 Å². The highest BCUT2D eigenvalue weighted by Crippen LogP contribution is 2.32. The van der Waals surface area contributed by atoms with Gasteiger partial charge in [-0.05, 0) is 24.6 Å². The molecule has 2 heterocycles. The summed E-state index contributed by atoms with van der Waals surface area (Å²) in [5, 5.41) is 2.26. The fourth-order valence-electron chi connectivity index (χ4n) is 1.89. The van der Waals surface area contributed by atoms with Gasteiger partial charge in [-0.1, -0.05) is 35.1 Å². The molecule has 0 radical (unpaired) electrons. The average molecular weight is 322 g/mol. The second-order valence-electron chi connectivity index (χ2n) is 4.44. The lowest BCUT2D eigenvalue weighted by molar-refractivity contribution is 1.30. The first kappa shape index (κ1) is 13.7. The molecule has 0 aliphatic heterocycles. The molecule has 0 bridgehead atoms. The van der Waals surface area contributed by atoms with E-state index in [1.165, 1.54) is 16.9 Å². The van der Waals surface area contributed by atoms with E-state index in [0.717, 1.165) is 26.4 Å². The number of pyridine rings is 1. The zero-order valence-corrected chi connectivity index (χ0v) is 13.1. The van der Waals surface area contributed by atoms with Gasteiger partial charge in [0.25, 0.3) is 0 Å². The highest BCUT2D eigenvalue weighted by atomic mass is 35.5. The molecule has 2 aromatic heterocycles. The van der Waals surface area contributed by atoms with Crippen molar-refractivity contribution in [3.63, 3.8) is 0 Å². The molecule has 2 N–H and O–H groups in total. The number of thioether (sulfide) groups is 1. The number of thiazole rings is 1. The van der Waals surface area contributed by atoms with Crippen LogP contribution in [-0.4, -0.2) is 9.97 Å². The van der Waals surface area contributed by atoms with Crippen molar-refractivity contribution in [1.82, 2.24) is 9.97 Å². The minimum Gasteiger partial charge on any atom is -0.375 e. The van der Waals surface area contributed by atoms with Gasteiger partial charge >= 0.3 is 0 Å². The Balaban J connectivity index is 1.87. The lowest BCUT2D eigenvalue weighted by Crippen LogP contribution is -1.89. The van der Waals surface area contributed by atoms with Crippen LogP contribution < -0.4 is 5.73 Å². The fraction of sp³-hybridized carbons (Fsp3) is 0.143. The Morgan fingerprint density at radius 3 is 2.95 bits per heavy atom. The first-order valence-electron chi connectivity index (χ1n) is 6.02. The molecule has 0 atom stereocenters. The minimum absolute atomic E-state index is 0.563. The minimum atomic E-state index is 0.563. The quantitative estimate of drug-likeness (QED) is 0.569. The molecule has 0 saturated heterocycles. The summed E-state index contributed by atoms with van der Waals surface area (Å²) in [5.41, 5.74) is 8.77. The summed E-state index contributed by atoms with van der Waals surface area (Å²) in [7, 11) is 0. The third-order valence-corrected chi connectivity index (χ3v) is 5.27. The molecule has 0 aliphatic carbocycles. The summed E-state index contributed by atoms with van der Waals surface area (Å²) in [6.07, 6.45) is 1.79. The predicted molar refractivity (Wildman–Crippen MR) is 87.6 cm³/mol. The maximum absolute atomic E-state index is 6.27. The first-order valence-corrected chi connectivity index (χ1v) is 8.20. The number of nitrogens with zero attached hydrogens (tertiary/aromatic N) is 2. The molecular weight excluding hydrogens is 310 g/mol. The van der Waals surface area contributed by atoms with Crippen molar-refractivity contribution < 1.29 is 0 Å². The molecule has 0 amide bonds. The van der Waals surface area contributed by atoms with Crippen molar-refractivity contribution in [2.24, 2.45) is 0 Å². The standard InChI is InChI=1S/C14H12ClN3S2/c1-8-2-3-9-5-10(13(15)18-11(9)4-8)7-19-12-6-17-14(16)20-12/h2-6H,7H2,1H3,(H2,16,17). The van der Waals surface area contributed by atoms with Crippen LogP contribution in [0.25, 0.3) is 10.9 Å². The first-order chi connectivity index (χ1) is 9.61. The number of aryl methyl sites for hydroxylation is 1. The summed E-state index contributed by atoms with van der Waals surface area (Å²) in [5.74, 6) is 0.761. The van der Waals surface area contributed by atoms with E-state index in [0.29, 0.717) is 10.3 Å². The van der Waals surface area contributed by atoms with E-state index < -0.39 is 0 Å². The Kier molecular flexibility index (Phi) is 3.83. The van der Waals surface area contributed by atoms with Crippen LogP contribution in [-0.2, 0) is 5.75 Å². The van der Waals surface area contributed by atoms with Crippen LogP contribution in [0.15, 0.2) is 34.7 Å². The van der Waals surface area contributed by atoms with Crippen LogP contribution in [0.3, 0.4) is 0 Å². The highest BCUT2D eigenvalue weighted by Gasteiger charge is 2.07. The van der Waals surface area contributed by atoms with Gasteiger partial charge in [0.15, 0.2) is 5.13 Å². The van der Waals surface area contributed by atoms with Crippen LogP contribution in [0.4, 0.5) is 5.13 Å². The van der Waals surface area contributed by atoms with Crippen molar-refractivity contribution >= 4 is 50.7 Å². The molecule has 102 valence electrons. The molecule has 0 unspecified atom stereocenters. The normalized spacial score (nSPS) is 11.1. The van der Waals surface area contributed by atoms with Crippen molar-refractivity contribution in [2.45, 2.75) is 16.9 Å². The van der Waals surface area contributed by atoms with Gasteiger partial charge in [-0.3, -0.25) is 0 Å². The second-order valence-corrected chi connectivity index (χ2v) is 7.14. The van der Waals surface area contributed by atoms with Gasteiger partial charge in [-0.15, -0.1) is 11.8 Å². The zero-order chi connectivity index (χ0) is 14.1. The lowest BCUT2D eigenvalue weighted by Gasteiger charge is -2.06. The van der Waals surface area contributed by atoms with Crippen LogP contribution in [0.1, 0.15) is 11.1 Å². The van der Waals surface area contributed by atoms with Crippen molar-refractivity contribution in [3.05, 3.63) is 46.7 Å². The zero-order valence-electron chi connectivity index (χ0n) is 10.8. The topological polar surface area (TPSA) is 51.8 Å². The monoisotopic (exact) mass is 321 g/mol. The molecule has 3 aromatic rings. The number of aromatic nitrogens is 2. The van der Waals surface area contributed by atoms with Crippen LogP contribution in [0.2, 0.25) is 5.15 Å². The van der Waals surface area contributed by atoms with E-state index in [2.05, 4.69) is 28.2 Å². The van der Waals surface area contributed by atoms with Crippen LogP contribution in [0.5, 0.6) is 0 Å². The van der Waals surface area contributed by atoms with Gasteiger partial charge in [0.1, 0.15) is 5.15 Å². The molecule has 0 fully saturated rings. The third kappa shape index (κ3) is 2.90. The maximum Gasteiger partial charge on any atom is 0.181 e. The third-order valence-electron chi connectivity index (χ3n) is 2.87. The van der Waals surface area contributed by atoms with Gasteiger partial charge in [-0.25, -0.2) is 9.97 Å². The fourth-order valence-corrected chi connectivity index (χ4v) is 3.91. The molecule has 0 saturated carbocycles. The van der Waals surface area contributed by atoms with Gasteiger partial charge in [0.2, 0.25) is 0 Å². The number of hydrogen-bond acceptors (Lipinski definition) is 5. The largest absolute Gasteiger partial charge is 0.375 e. The number of fused-ring (bicyclic) bond motifs is 1. The molecule has 20 heavy (non-hydrogen) atoms. The van der Waals surface area contributed by atoms with E-state index in [1.54, 1.807) is 18.0 Å². The SMILES string of the molecule is Cc1ccc2cc(CSc3cnc(N)s3)c(Cl)nc2c1. The van der Waals surface area contributed by atoms with Gasteiger partial charge in [-0.2, -0.15) is 0 Å². The van der Waals surface area contributed by atoms with E-state index in [9.17, 15) is 0 Å². The van der Waals surface area contributed by atoms with E-state index in [4.69, 9.17) is 17.3 Å². The Hall–Kier alpha value is -1.30. The van der Waals surface area contributed by atoms with Gasteiger partial charge < -0.3 is 5.73 Å². The molecule has 1 aromatic carbocycles. The summed E-state index contributed by atoms with van der Waals surface area (Å²) < 4.78 is 1.09. The number of hydrogen-bond donors (Lipinski definition) is 1. The van der Waals surface area contributed by atoms with Gasteiger partial charge in [0.05, 0.1) is 15.9 Å². The number of halogens is 1. The van der Waals surface area contributed by atoms with Crippen molar-refractivity contribution in [1.29, 1.82) is 0 Å². The van der Waals surface area contributed by atoms with Crippen molar-refractivity contribution in [3.8, 4) is 0 Å². The Bertz CT molecular complexity index is 770. The molecule has 3 rings (SSSR count). The lowest BCUT2D eigenvalue weighted by atomic mass is 10.1. The maximum atomic E-state index is 6.27. The number of nitrogens with two attached hydrogens (primary N) is 1. The highest BCUT2D eigenvalue weighted by molar-refractivity contribution is 8.00. The smallest absolute Gasteiger partial charge is 0.181 e. The molecule has 0 aliphatic rings. The number of nitrogen functional groups attached to an aromatic ring is 1. The molecular formula is C14H12ClN3S2. The Labute approximate surface area is 130 Å². The van der Waals surface area contributed by atoms with E-state index in [1.807, 2.05) is 13.0 Å². The molecule has 3 nitrogen and oxygen atoms in total. The van der Waals surface area contributed by atoms with Crippen LogP contribution in [0, 0.1) is 6.92 Å². The van der Waals surface area contributed by atoms with Gasteiger partial charge in [0, 0.05) is 16.7 Å². The Morgan fingerprint density at radius 1 is 1.35 bits per heavy atom. The predicted octanol–water partition coefficient (Wildman–Crippen LogP) is 4.53. The summed E-state index contributed by atoms with van der Waals surface area (Å²) in [4.78, 5) is 8.51. The van der Waals surface area contributed by atoms with E-state index in [-0.39, 0.29) is 0 Å². The summed E-state index contributed by atoms with van der Waals surface area (Å²) in [6.45, 7) is 2.05. The number of rotatable bonds is 3. The summed E-state index contributed by atoms with van der Waals surface area (Å²) in [6, 6.07) is 8.30. The molecule has 0 spiro atoms. The summed E-state index contributed by atoms with van der Waals surface area (Å²) >= 11 is 9.42.